The Morgan fingerprint density at radius 3 is 2.58 bits per heavy atom. The van der Waals surface area contributed by atoms with Gasteiger partial charge in [-0.15, -0.1) is 0 Å². The van der Waals surface area contributed by atoms with Gasteiger partial charge in [0.25, 0.3) is 0 Å². The van der Waals surface area contributed by atoms with Crippen LogP contribution in [-0.4, -0.2) is 37.1 Å². The number of ether oxygens (including phenoxy) is 1. The predicted octanol–water partition coefficient (Wildman–Crippen LogP) is 2.96. The van der Waals surface area contributed by atoms with Crippen molar-refractivity contribution in [2.45, 2.75) is 45.7 Å². The van der Waals surface area contributed by atoms with Gasteiger partial charge in [-0.3, -0.25) is 9.69 Å². The Kier molecular flexibility index (Phi) is 6.27. The Labute approximate surface area is 145 Å². The van der Waals surface area contributed by atoms with E-state index < -0.39 is 0 Å². The van der Waals surface area contributed by atoms with E-state index in [-0.39, 0.29) is 11.8 Å². The predicted molar refractivity (Wildman–Crippen MR) is 95.5 cm³/mol. The molecule has 1 aliphatic heterocycles. The number of morpholine rings is 1. The fraction of sp³-hybridized carbons (Fsp3) is 0.650. The summed E-state index contributed by atoms with van der Waals surface area (Å²) in [6.07, 6.45) is 4.56. The standard InChI is InChI=1S/C20H30N2O2/c1-16-3-2-4-19(13-16)20(23)21-14-17-5-7-18(8-6-17)15-22-9-11-24-12-10-22/h5-8,16,19H,2-4,9-15H2,1H3,(H,21,23). The van der Waals surface area contributed by atoms with Gasteiger partial charge in [-0.1, -0.05) is 44.0 Å². The van der Waals surface area contributed by atoms with Gasteiger partial charge in [-0.2, -0.15) is 0 Å². The summed E-state index contributed by atoms with van der Waals surface area (Å²) in [4.78, 5) is 14.7. The second-order valence-corrected chi connectivity index (χ2v) is 7.39. The summed E-state index contributed by atoms with van der Waals surface area (Å²) >= 11 is 0. The van der Waals surface area contributed by atoms with Crippen molar-refractivity contribution >= 4 is 5.91 Å². The van der Waals surface area contributed by atoms with Gasteiger partial charge in [0.05, 0.1) is 13.2 Å². The number of carbonyl (C=O) groups excluding carboxylic acids is 1. The molecule has 0 spiro atoms. The molecule has 1 aromatic carbocycles. The highest BCUT2D eigenvalue weighted by Gasteiger charge is 2.24. The zero-order valence-electron chi connectivity index (χ0n) is 14.8. The van der Waals surface area contributed by atoms with Crippen LogP contribution in [0.3, 0.4) is 0 Å². The molecular weight excluding hydrogens is 300 g/mol. The summed E-state index contributed by atoms with van der Waals surface area (Å²) in [6, 6.07) is 8.64. The molecule has 1 aromatic rings. The van der Waals surface area contributed by atoms with Crippen LogP contribution in [0.25, 0.3) is 0 Å². The fourth-order valence-corrected chi connectivity index (χ4v) is 3.79. The van der Waals surface area contributed by atoms with Gasteiger partial charge in [0, 0.05) is 32.1 Å². The maximum Gasteiger partial charge on any atom is 0.223 e. The van der Waals surface area contributed by atoms with Crippen molar-refractivity contribution in [2.75, 3.05) is 26.3 Å². The minimum absolute atomic E-state index is 0.217. The SMILES string of the molecule is CC1CCCC(C(=O)NCc2ccc(CN3CCOCC3)cc2)C1. The van der Waals surface area contributed by atoms with Crippen LogP contribution in [0, 0.1) is 11.8 Å². The molecule has 1 saturated heterocycles. The largest absolute Gasteiger partial charge is 0.379 e. The van der Waals surface area contributed by atoms with Crippen molar-refractivity contribution in [1.29, 1.82) is 0 Å². The lowest BCUT2D eigenvalue weighted by molar-refractivity contribution is -0.126. The van der Waals surface area contributed by atoms with Gasteiger partial charge in [-0.05, 0) is 29.9 Å². The van der Waals surface area contributed by atoms with Crippen molar-refractivity contribution in [3.8, 4) is 0 Å². The zero-order valence-corrected chi connectivity index (χ0v) is 14.8. The molecule has 132 valence electrons. The topological polar surface area (TPSA) is 41.6 Å². The minimum atomic E-state index is 0.217. The minimum Gasteiger partial charge on any atom is -0.379 e. The van der Waals surface area contributed by atoms with Crippen LogP contribution < -0.4 is 5.32 Å². The second kappa shape index (κ2) is 8.63. The first-order valence-corrected chi connectivity index (χ1v) is 9.36. The van der Waals surface area contributed by atoms with E-state index >= 15 is 0 Å². The summed E-state index contributed by atoms with van der Waals surface area (Å²) in [7, 11) is 0. The van der Waals surface area contributed by atoms with Gasteiger partial charge >= 0.3 is 0 Å². The van der Waals surface area contributed by atoms with Crippen LogP contribution in [0.2, 0.25) is 0 Å². The summed E-state index contributed by atoms with van der Waals surface area (Å²) in [5.74, 6) is 1.14. The van der Waals surface area contributed by atoms with Gasteiger partial charge < -0.3 is 10.1 Å². The number of benzene rings is 1. The number of carbonyl (C=O) groups is 1. The number of hydrogen-bond acceptors (Lipinski definition) is 3. The zero-order chi connectivity index (χ0) is 16.8. The lowest BCUT2D eigenvalue weighted by Gasteiger charge is -2.26. The maximum atomic E-state index is 12.3. The molecule has 4 heteroatoms. The van der Waals surface area contributed by atoms with E-state index in [9.17, 15) is 4.79 Å². The molecule has 1 amide bonds. The van der Waals surface area contributed by atoms with Gasteiger partial charge in [0.15, 0.2) is 0 Å². The van der Waals surface area contributed by atoms with Crippen LogP contribution in [0.1, 0.15) is 43.7 Å². The third-order valence-corrected chi connectivity index (χ3v) is 5.31. The first-order chi connectivity index (χ1) is 11.7. The van der Waals surface area contributed by atoms with E-state index in [0.29, 0.717) is 12.5 Å². The molecule has 2 fully saturated rings. The molecule has 1 saturated carbocycles. The third kappa shape index (κ3) is 5.05. The van der Waals surface area contributed by atoms with E-state index in [4.69, 9.17) is 4.74 Å². The maximum absolute atomic E-state index is 12.3. The molecule has 4 nitrogen and oxygen atoms in total. The highest BCUT2D eigenvalue weighted by atomic mass is 16.5. The average molecular weight is 330 g/mol. The highest BCUT2D eigenvalue weighted by Crippen LogP contribution is 2.28. The summed E-state index contributed by atoms with van der Waals surface area (Å²) < 4.78 is 5.39. The van der Waals surface area contributed by atoms with Gasteiger partial charge in [-0.25, -0.2) is 0 Å². The molecule has 2 aliphatic rings. The van der Waals surface area contributed by atoms with E-state index in [1.807, 2.05) is 0 Å². The Bertz CT molecular complexity index is 523. The molecule has 0 aromatic heterocycles. The summed E-state index contributed by atoms with van der Waals surface area (Å²) in [5, 5.41) is 3.12. The van der Waals surface area contributed by atoms with Crippen molar-refractivity contribution < 1.29 is 9.53 Å². The molecule has 0 bridgehead atoms. The summed E-state index contributed by atoms with van der Waals surface area (Å²) in [5.41, 5.74) is 2.51. The Morgan fingerprint density at radius 1 is 1.17 bits per heavy atom. The fourth-order valence-electron chi connectivity index (χ4n) is 3.79. The second-order valence-electron chi connectivity index (χ2n) is 7.39. The molecular formula is C20H30N2O2. The average Bonchev–Trinajstić information content (AvgIpc) is 2.62. The normalized spacial score (nSPS) is 25.4. The smallest absolute Gasteiger partial charge is 0.223 e. The molecule has 1 aliphatic carbocycles. The van der Waals surface area contributed by atoms with Crippen LogP contribution in [-0.2, 0) is 22.6 Å². The quantitative estimate of drug-likeness (QED) is 0.902. The van der Waals surface area contributed by atoms with Crippen LogP contribution in [0.15, 0.2) is 24.3 Å². The Hall–Kier alpha value is -1.39. The number of nitrogens with one attached hydrogen (secondary N) is 1. The van der Waals surface area contributed by atoms with E-state index in [2.05, 4.69) is 41.4 Å². The first kappa shape index (κ1) is 17.4. The van der Waals surface area contributed by atoms with Gasteiger partial charge in [0.2, 0.25) is 5.91 Å². The monoisotopic (exact) mass is 330 g/mol. The molecule has 2 atom stereocenters. The molecule has 1 N–H and O–H groups in total. The summed E-state index contributed by atoms with van der Waals surface area (Å²) in [6.45, 7) is 7.58. The van der Waals surface area contributed by atoms with Crippen LogP contribution in [0.4, 0.5) is 0 Å². The van der Waals surface area contributed by atoms with Crippen LogP contribution >= 0.6 is 0 Å². The van der Waals surface area contributed by atoms with E-state index in [1.165, 1.54) is 24.0 Å². The first-order valence-electron chi connectivity index (χ1n) is 9.36. The van der Waals surface area contributed by atoms with Crippen molar-refractivity contribution in [2.24, 2.45) is 11.8 Å². The van der Waals surface area contributed by atoms with Crippen molar-refractivity contribution in [3.63, 3.8) is 0 Å². The number of amides is 1. The Balaban J connectivity index is 1.44. The lowest BCUT2D eigenvalue weighted by atomic mass is 9.82. The number of nitrogens with zero attached hydrogens (tertiary/aromatic N) is 1. The third-order valence-electron chi connectivity index (χ3n) is 5.31. The van der Waals surface area contributed by atoms with E-state index in [1.54, 1.807) is 0 Å². The lowest BCUT2D eigenvalue weighted by Crippen LogP contribution is -2.35. The molecule has 1 heterocycles. The molecule has 2 unspecified atom stereocenters. The molecule has 3 rings (SSSR count). The molecule has 24 heavy (non-hydrogen) atoms. The van der Waals surface area contributed by atoms with Crippen molar-refractivity contribution in [1.82, 2.24) is 10.2 Å². The van der Waals surface area contributed by atoms with Crippen molar-refractivity contribution in [3.05, 3.63) is 35.4 Å². The Morgan fingerprint density at radius 2 is 1.88 bits per heavy atom. The van der Waals surface area contributed by atoms with Crippen LogP contribution in [0.5, 0.6) is 0 Å². The molecule has 0 radical (unpaired) electrons. The number of rotatable bonds is 5. The highest BCUT2D eigenvalue weighted by molar-refractivity contribution is 5.78. The van der Waals surface area contributed by atoms with E-state index in [0.717, 1.165) is 45.7 Å². The van der Waals surface area contributed by atoms with Gasteiger partial charge in [0.1, 0.15) is 0 Å². The number of hydrogen-bond donors (Lipinski definition) is 1.